The lowest BCUT2D eigenvalue weighted by Gasteiger charge is -2.36. The topological polar surface area (TPSA) is 52.7 Å². The molecule has 1 aromatic rings. The number of halogens is 3. The number of piperazine rings is 1. The van der Waals surface area contributed by atoms with Crippen LogP contribution in [0.15, 0.2) is 18.2 Å². The van der Waals surface area contributed by atoms with E-state index in [-0.39, 0.29) is 18.7 Å². The van der Waals surface area contributed by atoms with Gasteiger partial charge in [0.25, 0.3) is 0 Å². The number of nitrogens with zero attached hydrogens (tertiary/aromatic N) is 2. The Labute approximate surface area is 121 Å². The van der Waals surface area contributed by atoms with Crippen LogP contribution in [0.3, 0.4) is 0 Å². The molecule has 1 aliphatic rings. The molecule has 7 heteroatoms. The SMILES string of the molecule is NCc1ccc(N2CCN(CCO)CC2)cc1C(F)(F)F. The molecule has 1 aromatic carbocycles. The highest BCUT2D eigenvalue weighted by Crippen LogP contribution is 2.34. The van der Waals surface area contributed by atoms with Crippen LogP contribution in [0.1, 0.15) is 11.1 Å². The Morgan fingerprint density at radius 1 is 1.14 bits per heavy atom. The summed E-state index contributed by atoms with van der Waals surface area (Å²) in [5.41, 5.74) is 5.42. The van der Waals surface area contributed by atoms with Gasteiger partial charge in [-0.25, -0.2) is 0 Å². The summed E-state index contributed by atoms with van der Waals surface area (Å²) < 4.78 is 39.1. The average Bonchev–Trinajstić information content (AvgIpc) is 2.47. The van der Waals surface area contributed by atoms with Gasteiger partial charge >= 0.3 is 6.18 Å². The second kappa shape index (κ2) is 6.64. The molecule has 0 saturated carbocycles. The van der Waals surface area contributed by atoms with Crippen LogP contribution in [0.4, 0.5) is 18.9 Å². The van der Waals surface area contributed by atoms with Crippen LogP contribution in [0.25, 0.3) is 0 Å². The molecule has 3 N–H and O–H groups in total. The fourth-order valence-electron chi connectivity index (χ4n) is 2.57. The van der Waals surface area contributed by atoms with Crippen molar-refractivity contribution < 1.29 is 18.3 Å². The van der Waals surface area contributed by atoms with Crippen LogP contribution in [-0.2, 0) is 12.7 Å². The van der Waals surface area contributed by atoms with E-state index in [9.17, 15) is 13.2 Å². The second-order valence-electron chi connectivity index (χ2n) is 5.10. The van der Waals surface area contributed by atoms with Crippen molar-refractivity contribution in [3.05, 3.63) is 29.3 Å². The summed E-state index contributed by atoms with van der Waals surface area (Å²) >= 11 is 0. The van der Waals surface area contributed by atoms with Gasteiger partial charge in [0.1, 0.15) is 0 Å². The molecule has 1 aliphatic heterocycles. The number of β-amino-alcohol motifs (C(OH)–C–C–N with tert-alkyl or cyclic N) is 1. The zero-order chi connectivity index (χ0) is 15.5. The summed E-state index contributed by atoms with van der Waals surface area (Å²) in [4.78, 5) is 4.03. The summed E-state index contributed by atoms with van der Waals surface area (Å²) in [7, 11) is 0. The average molecular weight is 303 g/mol. The van der Waals surface area contributed by atoms with E-state index in [0.29, 0.717) is 25.3 Å². The van der Waals surface area contributed by atoms with Gasteiger partial charge in [-0.2, -0.15) is 13.2 Å². The van der Waals surface area contributed by atoms with Gasteiger partial charge in [0.05, 0.1) is 12.2 Å². The molecule has 118 valence electrons. The fraction of sp³-hybridized carbons (Fsp3) is 0.571. The summed E-state index contributed by atoms with van der Waals surface area (Å²) in [6.07, 6.45) is -4.39. The minimum absolute atomic E-state index is 0.101. The third-order valence-electron chi connectivity index (χ3n) is 3.77. The molecule has 0 unspecified atom stereocenters. The zero-order valence-corrected chi connectivity index (χ0v) is 11.7. The van der Waals surface area contributed by atoms with Crippen LogP contribution >= 0.6 is 0 Å². The maximum absolute atomic E-state index is 13.0. The van der Waals surface area contributed by atoms with Crippen LogP contribution in [0, 0.1) is 0 Å². The van der Waals surface area contributed by atoms with E-state index in [1.165, 1.54) is 12.1 Å². The van der Waals surface area contributed by atoms with E-state index < -0.39 is 11.7 Å². The summed E-state index contributed by atoms with van der Waals surface area (Å²) in [6, 6.07) is 4.33. The first-order valence-corrected chi connectivity index (χ1v) is 6.94. The van der Waals surface area contributed by atoms with Crippen molar-refractivity contribution in [1.82, 2.24) is 4.90 Å². The molecule has 0 aliphatic carbocycles. The molecule has 0 aromatic heterocycles. The van der Waals surface area contributed by atoms with Crippen molar-refractivity contribution in [3.8, 4) is 0 Å². The van der Waals surface area contributed by atoms with Gasteiger partial charge in [-0.1, -0.05) is 6.07 Å². The van der Waals surface area contributed by atoms with Crippen molar-refractivity contribution in [3.63, 3.8) is 0 Å². The third kappa shape index (κ3) is 3.87. The van der Waals surface area contributed by atoms with E-state index in [2.05, 4.69) is 4.90 Å². The number of rotatable bonds is 4. The lowest BCUT2D eigenvalue weighted by Crippen LogP contribution is -2.47. The molecule has 1 saturated heterocycles. The number of aliphatic hydroxyl groups is 1. The standard InChI is InChI=1S/C14H20F3N3O/c15-14(16,17)13-9-12(2-1-11(13)10-18)20-5-3-19(4-6-20)7-8-21/h1-2,9,21H,3-8,10,18H2. The lowest BCUT2D eigenvalue weighted by atomic mass is 10.1. The first-order valence-electron chi connectivity index (χ1n) is 6.94. The summed E-state index contributed by atoms with van der Waals surface area (Å²) in [6.45, 7) is 3.36. The molecule has 0 bridgehead atoms. The van der Waals surface area contributed by atoms with Gasteiger partial charge in [0.2, 0.25) is 0 Å². The molecule has 1 fully saturated rings. The van der Waals surface area contributed by atoms with Crippen molar-refractivity contribution >= 4 is 5.69 Å². The molecule has 0 atom stereocenters. The van der Waals surface area contributed by atoms with Crippen molar-refractivity contribution in [2.45, 2.75) is 12.7 Å². The van der Waals surface area contributed by atoms with E-state index in [0.717, 1.165) is 13.1 Å². The Kier molecular flexibility index (Phi) is 5.08. The number of alkyl halides is 3. The number of anilines is 1. The minimum atomic E-state index is -4.39. The Morgan fingerprint density at radius 3 is 2.33 bits per heavy atom. The van der Waals surface area contributed by atoms with Gasteiger partial charge in [0.15, 0.2) is 0 Å². The number of benzene rings is 1. The van der Waals surface area contributed by atoms with Gasteiger partial charge < -0.3 is 15.7 Å². The highest BCUT2D eigenvalue weighted by atomic mass is 19.4. The Hall–Kier alpha value is -1.31. The smallest absolute Gasteiger partial charge is 0.395 e. The number of hydrogen-bond donors (Lipinski definition) is 2. The largest absolute Gasteiger partial charge is 0.416 e. The number of nitrogens with two attached hydrogens (primary N) is 1. The normalized spacial score (nSPS) is 17.3. The highest BCUT2D eigenvalue weighted by Gasteiger charge is 2.33. The fourth-order valence-corrected chi connectivity index (χ4v) is 2.57. The first-order chi connectivity index (χ1) is 9.95. The van der Waals surface area contributed by atoms with Gasteiger partial charge in [-0.15, -0.1) is 0 Å². The Bertz CT molecular complexity index is 471. The predicted molar refractivity (Wildman–Crippen MR) is 75.1 cm³/mol. The van der Waals surface area contributed by atoms with Crippen molar-refractivity contribution in [1.29, 1.82) is 0 Å². The molecule has 0 spiro atoms. The molecule has 1 heterocycles. The molecular weight excluding hydrogens is 283 g/mol. The van der Waals surface area contributed by atoms with Gasteiger partial charge in [-0.05, 0) is 17.7 Å². The monoisotopic (exact) mass is 303 g/mol. The van der Waals surface area contributed by atoms with E-state index >= 15 is 0 Å². The molecule has 2 rings (SSSR count). The van der Waals surface area contributed by atoms with E-state index in [4.69, 9.17) is 10.8 Å². The molecule has 0 radical (unpaired) electrons. The van der Waals surface area contributed by atoms with Crippen molar-refractivity contribution in [2.75, 3.05) is 44.2 Å². The zero-order valence-electron chi connectivity index (χ0n) is 11.7. The minimum Gasteiger partial charge on any atom is -0.395 e. The molecular formula is C14H20F3N3O. The van der Waals surface area contributed by atoms with Crippen LogP contribution in [0.5, 0.6) is 0 Å². The van der Waals surface area contributed by atoms with Crippen LogP contribution in [0.2, 0.25) is 0 Å². The summed E-state index contributed by atoms with van der Waals surface area (Å²) in [5, 5.41) is 8.89. The Morgan fingerprint density at radius 2 is 1.81 bits per heavy atom. The maximum Gasteiger partial charge on any atom is 0.416 e. The van der Waals surface area contributed by atoms with Gasteiger partial charge in [0, 0.05) is 45.0 Å². The van der Waals surface area contributed by atoms with Crippen LogP contribution in [-0.4, -0.2) is 49.3 Å². The Balaban J connectivity index is 2.15. The summed E-state index contributed by atoms with van der Waals surface area (Å²) in [5.74, 6) is 0. The van der Waals surface area contributed by atoms with Crippen LogP contribution < -0.4 is 10.6 Å². The lowest BCUT2D eigenvalue weighted by molar-refractivity contribution is -0.138. The number of hydrogen-bond acceptors (Lipinski definition) is 4. The first kappa shape index (κ1) is 16.1. The molecule has 4 nitrogen and oxygen atoms in total. The number of aliphatic hydroxyl groups excluding tert-OH is 1. The quantitative estimate of drug-likeness (QED) is 0.880. The third-order valence-corrected chi connectivity index (χ3v) is 3.77. The van der Waals surface area contributed by atoms with E-state index in [1.54, 1.807) is 6.07 Å². The second-order valence-corrected chi connectivity index (χ2v) is 5.10. The molecule has 21 heavy (non-hydrogen) atoms. The highest BCUT2D eigenvalue weighted by molar-refractivity contribution is 5.52. The van der Waals surface area contributed by atoms with Crippen molar-refractivity contribution in [2.24, 2.45) is 5.73 Å². The maximum atomic E-state index is 13.0. The van der Waals surface area contributed by atoms with Gasteiger partial charge in [-0.3, -0.25) is 4.90 Å². The molecule has 0 amide bonds. The predicted octanol–water partition coefficient (Wildman–Crippen LogP) is 1.28. The van der Waals surface area contributed by atoms with E-state index in [1.807, 2.05) is 4.90 Å².